The third-order valence-electron chi connectivity index (χ3n) is 2.35. The first-order valence-electron chi connectivity index (χ1n) is 5.58. The molecule has 0 bridgehead atoms. The maximum Gasteiger partial charge on any atom is 0.341 e. The third kappa shape index (κ3) is 3.07. The van der Waals surface area contributed by atoms with Crippen molar-refractivity contribution in [3.63, 3.8) is 0 Å². The number of carbonyl (C=O) groups is 1. The van der Waals surface area contributed by atoms with Crippen LogP contribution in [0.3, 0.4) is 0 Å². The molecule has 0 saturated heterocycles. The highest BCUT2D eigenvalue weighted by Crippen LogP contribution is 2.25. The lowest BCUT2D eigenvalue weighted by molar-refractivity contribution is -0.139. The van der Waals surface area contributed by atoms with Gasteiger partial charge in [0.2, 0.25) is 0 Å². The molecule has 1 aromatic heterocycles. The average Bonchev–Trinajstić information content (AvgIpc) is 2.85. The molecular formula is C13H13NO3S. The van der Waals surface area contributed by atoms with Gasteiger partial charge in [0.25, 0.3) is 0 Å². The molecule has 0 radical (unpaired) electrons. The number of aromatic nitrogens is 1. The van der Waals surface area contributed by atoms with Crippen LogP contribution in [0.1, 0.15) is 11.9 Å². The lowest BCUT2D eigenvalue weighted by Crippen LogP contribution is -2.09. The van der Waals surface area contributed by atoms with Gasteiger partial charge in [0.15, 0.2) is 6.61 Å². The lowest BCUT2D eigenvalue weighted by atomic mass is 10.1. The maximum absolute atomic E-state index is 10.4. The highest BCUT2D eigenvalue weighted by Gasteiger charge is 2.05. The fourth-order valence-corrected chi connectivity index (χ4v) is 2.25. The molecule has 0 aliphatic rings. The molecule has 4 nitrogen and oxygen atoms in total. The number of nitrogens with zero attached hydrogens (tertiary/aromatic N) is 1. The fraction of sp³-hybridized carbons (Fsp3) is 0.231. The molecule has 0 unspecified atom stereocenters. The SMILES string of the molecule is CCc1nc(-c2cccc(OCC(=O)O)c2)cs1. The molecule has 0 fully saturated rings. The van der Waals surface area contributed by atoms with Crippen molar-refractivity contribution in [1.82, 2.24) is 4.98 Å². The predicted molar refractivity (Wildman–Crippen MR) is 70.1 cm³/mol. The predicted octanol–water partition coefficient (Wildman–Crippen LogP) is 2.84. The minimum atomic E-state index is -0.984. The molecule has 2 rings (SSSR count). The Morgan fingerprint density at radius 1 is 1.50 bits per heavy atom. The monoisotopic (exact) mass is 263 g/mol. The zero-order valence-electron chi connectivity index (χ0n) is 9.92. The van der Waals surface area contributed by atoms with Crippen molar-refractivity contribution < 1.29 is 14.6 Å². The highest BCUT2D eigenvalue weighted by molar-refractivity contribution is 7.09. The molecule has 0 aliphatic heterocycles. The number of hydrogen-bond donors (Lipinski definition) is 1. The fourth-order valence-electron chi connectivity index (χ4n) is 1.50. The number of thiazole rings is 1. The summed E-state index contributed by atoms with van der Waals surface area (Å²) in [5.41, 5.74) is 1.84. The van der Waals surface area contributed by atoms with Gasteiger partial charge in [0, 0.05) is 10.9 Å². The van der Waals surface area contributed by atoms with Gasteiger partial charge in [-0.05, 0) is 18.6 Å². The van der Waals surface area contributed by atoms with Crippen molar-refractivity contribution in [2.45, 2.75) is 13.3 Å². The van der Waals surface area contributed by atoms with E-state index in [1.165, 1.54) is 0 Å². The number of aryl methyl sites for hydroxylation is 1. The molecule has 0 amide bonds. The van der Waals surface area contributed by atoms with Gasteiger partial charge in [-0.2, -0.15) is 0 Å². The van der Waals surface area contributed by atoms with Crippen LogP contribution in [0.15, 0.2) is 29.6 Å². The van der Waals surface area contributed by atoms with Gasteiger partial charge in [-0.25, -0.2) is 9.78 Å². The van der Waals surface area contributed by atoms with E-state index in [9.17, 15) is 4.79 Å². The normalized spacial score (nSPS) is 10.3. The van der Waals surface area contributed by atoms with Crippen molar-refractivity contribution in [3.8, 4) is 17.0 Å². The Morgan fingerprint density at radius 2 is 2.33 bits per heavy atom. The number of aliphatic carboxylic acids is 1. The Balaban J connectivity index is 2.18. The summed E-state index contributed by atoms with van der Waals surface area (Å²) in [6.45, 7) is 1.73. The first-order valence-corrected chi connectivity index (χ1v) is 6.46. The van der Waals surface area contributed by atoms with E-state index >= 15 is 0 Å². The number of hydrogen-bond acceptors (Lipinski definition) is 4. The van der Waals surface area contributed by atoms with E-state index in [1.807, 2.05) is 17.5 Å². The van der Waals surface area contributed by atoms with Gasteiger partial charge in [-0.15, -0.1) is 11.3 Å². The Hall–Kier alpha value is -1.88. The Labute approximate surface area is 109 Å². The summed E-state index contributed by atoms with van der Waals surface area (Å²) in [5.74, 6) is -0.441. The summed E-state index contributed by atoms with van der Waals surface area (Å²) in [7, 11) is 0. The summed E-state index contributed by atoms with van der Waals surface area (Å²) in [6, 6.07) is 7.30. The summed E-state index contributed by atoms with van der Waals surface area (Å²) in [5, 5.41) is 11.6. The van der Waals surface area contributed by atoms with Crippen LogP contribution in [0.25, 0.3) is 11.3 Å². The molecule has 1 N–H and O–H groups in total. The first-order chi connectivity index (χ1) is 8.69. The van der Waals surface area contributed by atoms with Crippen LogP contribution in [0.2, 0.25) is 0 Å². The Kier molecular flexibility index (Phi) is 3.94. The molecule has 0 saturated carbocycles. The molecule has 2 aromatic rings. The van der Waals surface area contributed by atoms with Crippen LogP contribution in [-0.4, -0.2) is 22.7 Å². The molecule has 18 heavy (non-hydrogen) atoms. The van der Waals surface area contributed by atoms with E-state index in [1.54, 1.807) is 23.5 Å². The smallest absolute Gasteiger partial charge is 0.341 e. The third-order valence-corrected chi connectivity index (χ3v) is 3.34. The van der Waals surface area contributed by atoms with Gasteiger partial charge >= 0.3 is 5.97 Å². The van der Waals surface area contributed by atoms with E-state index in [4.69, 9.17) is 9.84 Å². The van der Waals surface area contributed by atoms with Crippen molar-refractivity contribution in [3.05, 3.63) is 34.7 Å². The van der Waals surface area contributed by atoms with Crippen molar-refractivity contribution in [2.24, 2.45) is 0 Å². The van der Waals surface area contributed by atoms with Crippen LogP contribution in [0, 0.1) is 0 Å². The number of ether oxygens (including phenoxy) is 1. The minimum Gasteiger partial charge on any atom is -0.482 e. The number of rotatable bonds is 5. The van der Waals surface area contributed by atoms with Crippen LogP contribution in [-0.2, 0) is 11.2 Å². The number of carboxylic acid groups (broad SMARTS) is 1. The van der Waals surface area contributed by atoms with Crippen molar-refractivity contribution in [2.75, 3.05) is 6.61 Å². The van der Waals surface area contributed by atoms with Crippen LogP contribution in [0.4, 0.5) is 0 Å². The molecule has 5 heteroatoms. The second-order valence-electron chi connectivity index (χ2n) is 3.69. The van der Waals surface area contributed by atoms with Gasteiger partial charge in [-0.1, -0.05) is 19.1 Å². The van der Waals surface area contributed by atoms with Crippen LogP contribution >= 0.6 is 11.3 Å². The molecule has 1 heterocycles. The molecule has 0 aliphatic carbocycles. The van der Waals surface area contributed by atoms with Gasteiger partial charge in [-0.3, -0.25) is 0 Å². The second kappa shape index (κ2) is 5.64. The zero-order chi connectivity index (χ0) is 13.0. The van der Waals surface area contributed by atoms with Gasteiger partial charge in [0.1, 0.15) is 5.75 Å². The lowest BCUT2D eigenvalue weighted by Gasteiger charge is -2.04. The van der Waals surface area contributed by atoms with E-state index in [0.717, 1.165) is 22.7 Å². The molecule has 1 aromatic carbocycles. The van der Waals surface area contributed by atoms with Crippen molar-refractivity contribution >= 4 is 17.3 Å². The first kappa shape index (κ1) is 12.6. The number of carboxylic acids is 1. The topological polar surface area (TPSA) is 59.4 Å². The van der Waals surface area contributed by atoms with E-state index < -0.39 is 5.97 Å². The van der Waals surface area contributed by atoms with Crippen LogP contribution < -0.4 is 4.74 Å². The number of benzene rings is 1. The van der Waals surface area contributed by atoms with E-state index in [-0.39, 0.29) is 6.61 Å². The van der Waals surface area contributed by atoms with Gasteiger partial charge in [0.05, 0.1) is 10.7 Å². The summed E-state index contributed by atoms with van der Waals surface area (Å²) in [6.07, 6.45) is 0.917. The highest BCUT2D eigenvalue weighted by atomic mass is 32.1. The Morgan fingerprint density at radius 3 is 3.00 bits per heavy atom. The standard InChI is InChI=1S/C13H13NO3S/c1-2-12-14-11(8-18-12)9-4-3-5-10(6-9)17-7-13(15)16/h3-6,8H,2,7H2,1H3,(H,15,16). The Bertz CT molecular complexity index is 551. The molecule has 0 spiro atoms. The summed E-state index contributed by atoms with van der Waals surface area (Å²) < 4.78 is 5.14. The molecule has 94 valence electrons. The zero-order valence-corrected chi connectivity index (χ0v) is 10.7. The van der Waals surface area contributed by atoms with Crippen LogP contribution in [0.5, 0.6) is 5.75 Å². The van der Waals surface area contributed by atoms with Gasteiger partial charge < -0.3 is 9.84 Å². The summed E-state index contributed by atoms with van der Waals surface area (Å²) >= 11 is 1.62. The average molecular weight is 263 g/mol. The largest absolute Gasteiger partial charge is 0.482 e. The summed E-state index contributed by atoms with van der Waals surface area (Å²) in [4.78, 5) is 14.9. The second-order valence-corrected chi connectivity index (χ2v) is 4.63. The molecular weight excluding hydrogens is 250 g/mol. The minimum absolute atomic E-state index is 0.333. The molecule has 0 atom stereocenters. The quantitative estimate of drug-likeness (QED) is 0.901. The maximum atomic E-state index is 10.4. The van der Waals surface area contributed by atoms with Crippen molar-refractivity contribution in [1.29, 1.82) is 0 Å². The van der Waals surface area contributed by atoms with E-state index in [0.29, 0.717) is 5.75 Å². The van der Waals surface area contributed by atoms with E-state index in [2.05, 4.69) is 11.9 Å².